The van der Waals surface area contributed by atoms with Crippen LogP contribution in [0.3, 0.4) is 0 Å². The fraction of sp³-hybridized carbons (Fsp3) is 0.455. The van der Waals surface area contributed by atoms with E-state index in [-0.39, 0.29) is 0 Å². The molecular formula is C11H15N3S. The molecule has 0 saturated heterocycles. The van der Waals surface area contributed by atoms with Crippen LogP contribution in [0, 0.1) is 13.8 Å². The molecular weight excluding hydrogens is 206 g/mol. The topological polar surface area (TPSA) is 41.6 Å². The Labute approximate surface area is 93.7 Å². The Kier molecular flexibility index (Phi) is 2.69. The standard InChI is InChI=1S/C11H15N3S/c1-6(2)15-11-9-5-7(3)12-10(9)13-8(4)14-11/h5-6H,1-4H3,(H,12,13,14). The average molecular weight is 221 g/mol. The fourth-order valence-corrected chi connectivity index (χ4v) is 2.45. The number of fused-ring (bicyclic) bond motifs is 1. The van der Waals surface area contributed by atoms with Crippen molar-refractivity contribution in [3.63, 3.8) is 0 Å². The Morgan fingerprint density at radius 3 is 2.67 bits per heavy atom. The number of aromatic nitrogens is 3. The Balaban J connectivity index is 2.59. The number of aromatic amines is 1. The first kappa shape index (κ1) is 10.5. The molecule has 0 unspecified atom stereocenters. The van der Waals surface area contributed by atoms with Crippen molar-refractivity contribution in [2.45, 2.75) is 38.0 Å². The first-order valence-corrected chi connectivity index (χ1v) is 5.95. The van der Waals surface area contributed by atoms with Gasteiger partial charge in [0.2, 0.25) is 0 Å². The van der Waals surface area contributed by atoms with Gasteiger partial charge in [0.05, 0.1) is 5.39 Å². The van der Waals surface area contributed by atoms with Crippen LogP contribution in [0.1, 0.15) is 25.4 Å². The summed E-state index contributed by atoms with van der Waals surface area (Å²) in [6.45, 7) is 8.32. The molecule has 0 amide bonds. The van der Waals surface area contributed by atoms with Gasteiger partial charge >= 0.3 is 0 Å². The molecule has 15 heavy (non-hydrogen) atoms. The number of nitrogens with one attached hydrogen (secondary N) is 1. The van der Waals surface area contributed by atoms with Crippen molar-refractivity contribution in [1.29, 1.82) is 0 Å². The molecule has 0 radical (unpaired) electrons. The molecule has 0 aliphatic rings. The van der Waals surface area contributed by atoms with E-state index in [1.807, 2.05) is 13.8 Å². The zero-order chi connectivity index (χ0) is 11.0. The van der Waals surface area contributed by atoms with Crippen LogP contribution in [0.5, 0.6) is 0 Å². The predicted octanol–water partition coefficient (Wildman–Crippen LogP) is 3.08. The van der Waals surface area contributed by atoms with Gasteiger partial charge < -0.3 is 4.98 Å². The molecule has 4 heteroatoms. The average Bonchev–Trinajstić information content (AvgIpc) is 2.44. The summed E-state index contributed by atoms with van der Waals surface area (Å²) >= 11 is 1.78. The molecule has 0 aromatic carbocycles. The predicted molar refractivity (Wildman–Crippen MR) is 64.4 cm³/mol. The zero-order valence-electron chi connectivity index (χ0n) is 9.46. The molecule has 80 valence electrons. The van der Waals surface area contributed by atoms with Gasteiger partial charge in [-0.25, -0.2) is 9.97 Å². The molecule has 0 saturated carbocycles. The van der Waals surface area contributed by atoms with E-state index < -0.39 is 0 Å². The van der Waals surface area contributed by atoms with Gasteiger partial charge in [0, 0.05) is 10.9 Å². The number of nitrogens with zero attached hydrogens (tertiary/aromatic N) is 2. The van der Waals surface area contributed by atoms with Gasteiger partial charge in [0.15, 0.2) is 0 Å². The van der Waals surface area contributed by atoms with E-state index in [2.05, 4.69) is 34.9 Å². The molecule has 0 aliphatic carbocycles. The van der Waals surface area contributed by atoms with E-state index in [1.54, 1.807) is 11.8 Å². The normalized spacial score (nSPS) is 11.5. The van der Waals surface area contributed by atoms with E-state index in [0.717, 1.165) is 27.6 Å². The highest BCUT2D eigenvalue weighted by atomic mass is 32.2. The summed E-state index contributed by atoms with van der Waals surface area (Å²) in [4.78, 5) is 12.1. The van der Waals surface area contributed by atoms with Crippen LogP contribution in [-0.4, -0.2) is 20.2 Å². The minimum Gasteiger partial charge on any atom is -0.343 e. The first-order valence-electron chi connectivity index (χ1n) is 5.07. The monoisotopic (exact) mass is 221 g/mol. The second-order valence-corrected chi connectivity index (χ2v) is 5.52. The van der Waals surface area contributed by atoms with E-state index in [9.17, 15) is 0 Å². The quantitative estimate of drug-likeness (QED) is 0.626. The summed E-state index contributed by atoms with van der Waals surface area (Å²) in [6.07, 6.45) is 0. The smallest absolute Gasteiger partial charge is 0.142 e. The van der Waals surface area contributed by atoms with Crippen LogP contribution in [0.2, 0.25) is 0 Å². The summed E-state index contributed by atoms with van der Waals surface area (Å²) in [6, 6.07) is 2.11. The van der Waals surface area contributed by atoms with E-state index >= 15 is 0 Å². The number of rotatable bonds is 2. The summed E-state index contributed by atoms with van der Waals surface area (Å²) in [7, 11) is 0. The third kappa shape index (κ3) is 2.15. The van der Waals surface area contributed by atoms with Gasteiger partial charge in [-0.1, -0.05) is 13.8 Å². The minimum atomic E-state index is 0.540. The Morgan fingerprint density at radius 1 is 1.27 bits per heavy atom. The molecule has 2 aromatic heterocycles. The van der Waals surface area contributed by atoms with Crippen LogP contribution >= 0.6 is 11.8 Å². The highest BCUT2D eigenvalue weighted by molar-refractivity contribution is 8.00. The molecule has 1 N–H and O–H groups in total. The summed E-state index contributed by atoms with van der Waals surface area (Å²) in [5.74, 6) is 0.826. The fourth-order valence-electron chi connectivity index (χ4n) is 1.53. The van der Waals surface area contributed by atoms with Crippen LogP contribution in [0.4, 0.5) is 0 Å². The van der Waals surface area contributed by atoms with Gasteiger partial charge in [-0.2, -0.15) is 0 Å². The maximum atomic E-state index is 4.49. The number of thioether (sulfide) groups is 1. The Bertz CT molecular complexity index is 488. The molecule has 0 fully saturated rings. The van der Waals surface area contributed by atoms with Crippen LogP contribution < -0.4 is 0 Å². The zero-order valence-corrected chi connectivity index (χ0v) is 10.3. The second kappa shape index (κ2) is 3.85. The van der Waals surface area contributed by atoms with Crippen molar-refractivity contribution in [3.8, 4) is 0 Å². The van der Waals surface area contributed by atoms with Gasteiger partial charge in [0.1, 0.15) is 16.5 Å². The van der Waals surface area contributed by atoms with Gasteiger partial charge in [0.25, 0.3) is 0 Å². The number of aryl methyl sites for hydroxylation is 2. The molecule has 0 aliphatic heterocycles. The third-order valence-electron chi connectivity index (χ3n) is 2.05. The molecule has 2 rings (SSSR count). The maximum Gasteiger partial charge on any atom is 0.142 e. The molecule has 3 nitrogen and oxygen atoms in total. The molecule has 2 heterocycles. The third-order valence-corrected chi connectivity index (χ3v) is 3.05. The van der Waals surface area contributed by atoms with Gasteiger partial charge in [-0.05, 0) is 19.9 Å². The lowest BCUT2D eigenvalue weighted by atomic mass is 10.4. The Morgan fingerprint density at radius 2 is 2.00 bits per heavy atom. The number of H-pyrrole nitrogens is 1. The van der Waals surface area contributed by atoms with Crippen molar-refractivity contribution in [3.05, 3.63) is 17.6 Å². The van der Waals surface area contributed by atoms with Crippen molar-refractivity contribution in [1.82, 2.24) is 15.0 Å². The SMILES string of the molecule is Cc1nc(SC(C)C)c2cc(C)[nH]c2n1. The molecule has 2 aromatic rings. The second-order valence-electron chi connectivity index (χ2n) is 3.96. The van der Waals surface area contributed by atoms with Crippen LogP contribution in [-0.2, 0) is 0 Å². The van der Waals surface area contributed by atoms with E-state index in [1.165, 1.54) is 0 Å². The highest BCUT2D eigenvalue weighted by Gasteiger charge is 2.09. The maximum absolute atomic E-state index is 4.49. The molecule has 0 bridgehead atoms. The molecule has 0 spiro atoms. The lowest BCUT2D eigenvalue weighted by Gasteiger charge is -2.05. The summed E-state index contributed by atoms with van der Waals surface area (Å²) < 4.78 is 0. The van der Waals surface area contributed by atoms with Crippen molar-refractivity contribution in [2.24, 2.45) is 0 Å². The van der Waals surface area contributed by atoms with E-state index in [0.29, 0.717) is 5.25 Å². The van der Waals surface area contributed by atoms with Crippen molar-refractivity contribution in [2.75, 3.05) is 0 Å². The number of hydrogen-bond donors (Lipinski definition) is 1. The first-order chi connectivity index (χ1) is 7.06. The van der Waals surface area contributed by atoms with Crippen LogP contribution in [0.15, 0.2) is 11.1 Å². The Hall–Kier alpha value is -1.03. The largest absolute Gasteiger partial charge is 0.343 e. The lowest BCUT2D eigenvalue weighted by Crippen LogP contribution is -1.94. The van der Waals surface area contributed by atoms with Gasteiger partial charge in [-0.3, -0.25) is 0 Å². The minimum absolute atomic E-state index is 0.540. The van der Waals surface area contributed by atoms with Crippen LogP contribution in [0.25, 0.3) is 11.0 Å². The van der Waals surface area contributed by atoms with E-state index in [4.69, 9.17) is 0 Å². The van der Waals surface area contributed by atoms with Crippen molar-refractivity contribution >= 4 is 22.8 Å². The highest BCUT2D eigenvalue weighted by Crippen LogP contribution is 2.28. The lowest BCUT2D eigenvalue weighted by molar-refractivity contribution is 0.994. The van der Waals surface area contributed by atoms with Crippen molar-refractivity contribution < 1.29 is 0 Å². The summed E-state index contributed by atoms with van der Waals surface area (Å²) in [5.41, 5.74) is 2.08. The molecule has 0 atom stereocenters. The number of hydrogen-bond acceptors (Lipinski definition) is 3. The van der Waals surface area contributed by atoms with Gasteiger partial charge in [-0.15, -0.1) is 11.8 Å². The summed E-state index contributed by atoms with van der Waals surface area (Å²) in [5, 5.41) is 2.76.